The monoisotopic (exact) mass is 519 g/mol. The number of urea groups is 1. The van der Waals surface area contributed by atoms with Crippen molar-refractivity contribution in [2.24, 2.45) is 10.9 Å². The molecule has 1 saturated heterocycles. The number of oxime groups is 1. The number of carbonyl (C=O) groups is 4. The van der Waals surface area contributed by atoms with Crippen LogP contribution in [0, 0.1) is 0 Å². The molecule has 1 fully saturated rings. The Labute approximate surface area is 204 Å². The predicted molar refractivity (Wildman–Crippen MR) is 120 cm³/mol. The largest absolute Gasteiger partial charge is 0.543 e. The maximum absolute atomic E-state index is 12.8. The van der Waals surface area contributed by atoms with E-state index in [-0.39, 0.29) is 29.0 Å². The summed E-state index contributed by atoms with van der Waals surface area (Å²) in [7, 11) is 0. The zero-order valence-corrected chi connectivity index (χ0v) is 19.2. The summed E-state index contributed by atoms with van der Waals surface area (Å²) in [6, 6.07) is 1.41. The van der Waals surface area contributed by atoms with Crippen molar-refractivity contribution in [3.63, 3.8) is 0 Å². The fourth-order valence-electron chi connectivity index (χ4n) is 3.58. The Bertz CT molecular complexity index is 1290. The predicted octanol–water partition coefficient (Wildman–Crippen LogP) is -2.82. The Kier molecular flexibility index (Phi) is 6.52. The first-order chi connectivity index (χ1) is 16.7. The van der Waals surface area contributed by atoms with E-state index in [0.717, 1.165) is 16.4 Å². The Morgan fingerprint density at radius 3 is 2.80 bits per heavy atom. The van der Waals surface area contributed by atoms with E-state index in [1.54, 1.807) is 29.1 Å². The van der Waals surface area contributed by atoms with Crippen LogP contribution in [0.5, 0.6) is 0 Å². The number of rotatable bonds is 7. The van der Waals surface area contributed by atoms with Gasteiger partial charge in [0.05, 0.1) is 11.7 Å². The number of hydrogen-bond acceptors (Lipinski definition) is 12. The van der Waals surface area contributed by atoms with Gasteiger partial charge in [-0.15, -0.1) is 11.8 Å². The van der Waals surface area contributed by atoms with E-state index in [1.807, 2.05) is 0 Å². The number of amides is 4. The normalized spacial score (nSPS) is 19.6. The highest BCUT2D eigenvalue weighted by atomic mass is 32.2. The summed E-state index contributed by atoms with van der Waals surface area (Å²) >= 11 is 2.03. The zero-order valence-electron chi connectivity index (χ0n) is 17.6. The molecule has 4 amide bonds. The first-order valence-corrected chi connectivity index (χ1v) is 11.6. The molecule has 15 nitrogen and oxygen atoms in total. The highest BCUT2D eigenvalue weighted by molar-refractivity contribution is 8.00. The van der Waals surface area contributed by atoms with Gasteiger partial charge in [-0.2, -0.15) is 13.9 Å². The van der Waals surface area contributed by atoms with Crippen LogP contribution in [0.25, 0.3) is 0 Å². The van der Waals surface area contributed by atoms with Crippen LogP contribution in [0.1, 0.15) is 5.82 Å². The van der Waals surface area contributed by atoms with E-state index in [1.165, 1.54) is 11.8 Å². The second kappa shape index (κ2) is 9.55. The van der Waals surface area contributed by atoms with Gasteiger partial charge in [-0.25, -0.2) is 4.79 Å². The molecule has 0 bridgehead atoms. The number of anilines is 2. The topological polar surface area (TPSA) is 233 Å². The van der Waals surface area contributed by atoms with Gasteiger partial charge < -0.3 is 37.2 Å². The molecule has 2 aromatic rings. The number of thioether (sulfide) groups is 1. The van der Waals surface area contributed by atoms with Crippen LogP contribution in [-0.2, 0) is 20.9 Å². The summed E-state index contributed by atoms with van der Waals surface area (Å²) in [5.41, 5.74) is 10.6. The van der Waals surface area contributed by atoms with Crippen molar-refractivity contribution >= 4 is 63.6 Å². The van der Waals surface area contributed by atoms with Gasteiger partial charge in [-0.05, 0) is 6.07 Å². The second-order valence-corrected chi connectivity index (χ2v) is 9.15. The third kappa shape index (κ3) is 4.71. The number of hydrogen-bond donors (Lipinski definition) is 5. The Morgan fingerprint density at radius 2 is 2.17 bits per heavy atom. The first-order valence-electron chi connectivity index (χ1n) is 9.75. The molecule has 0 aliphatic carbocycles. The van der Waals surface area contributed by atoms with E-state index < -0.39 is 40.9 Å². The minimum absolute atomic E-state index is 0.0489. The van der Waals surface area contributed by atoms with Crippen LogP contribution < -0.4 is 31.8 Å². The zero-order chi connectivity index (χ0) is 25.3. The average Bonchev–Trinajstić information content (AvgIpc) is 3.23. The standard InChI is InChI=1S/C18H17N9O6S2/c19-17(32)21-8-2-1-3-26(5-8)4-7-6-34-15-10(14(29)27(15)11(7)16(30)31)22-13(28)9(24-33)12-23-18(20)35-25-12/h1-3,5,10,15H,4,6H2,(H7-,19,20,21,22,23,25,28,30,31,32,33)/t10-,15+/m1/s1. The molecule has 0 radical (unpaired) electrons. The summed E-state index contributed by atoms with van der Waals surface area (Å²) in [5.74, 6) is -3.15. The molecule has 2 aliphatic heterocycles. The number of carboxylic acids is 1. The minimum atomic E-state index is -1.55. The van der Waals surface area contributed by atoms with Gasteiger partial charge in [-0.1, -0.05) is 5.16 Å². The summed E-state index contributed by atoms with van der Waals surface area (Å²) in [6.07, 6.45) is 3.20. The molecule has 2 aromatic heterocycles. The van der Waals surface area contributed by atoms with Crippen LogP contribution in [0.2, 0.25) is 0 Å². The van der Waals surface area contributed by atoms with Gasteiger partial charge in [-0.3, -0.25) is 14.5 Å². The number of primary amides is 1. The molecule has 2 atom stereocenters. The minimum Gasteiger partial charge on any atom is -0.543 e. The number of nitrogens with two attached hydrogens (primary N) is 2. The fourth-order valence-corrected chi connectivity index (χ4v) is 5.35. The lowest BCUT2D eigenvalue weighted by atomic mass is 10.0. The smallest absolute Gasteiger partial charge is 0.316 e. The summed E-state index contributed by atoms with van der Waals surface area (Å²) in [6.45, 7) is 0.0936. The summed E-state index contributed by atoms with van der Waals surface area (Å²) in [4.78, 5) is 53.2. The van der Waals surface area contributed by atoms with E-state index in [9.17, 15) is 29.5 Å². The van der Waals surface area contributed by atoms with E-state index in [0.29, 0.717) is 11.3 Å². The van der Waals surface area contributed by atoms with Crippen LogP contribution in [-0.4, -0.2) is 66.2 Å². The van der Waals surface area contributed by atoms with E-state index in [2.05, 4.69) is 25.1 Å². The molecule has 35 heavy (non-hydrogen) atoms. The highest BCUT2D eigenvalue weighted by Gasteiger charge is 2.53. The van der Waals surface area contributed by atoms with Gasteiger partial charge in [0, 0.05) is 28.9 Å². The number of β-lactam (4-membered cyclic amide) rings is 1. The maximum atomic E-state index is 12.8. The number of aromatic nitrogens is 3. The van der Waals surface area contributed by atoms with Crippen molar-refractivity contribution in [1.82, 2.24) is 19.6 Å². The van der Waals surface area contributed by atoms with Gasteiger partial charge in [0.15, 0.2) is 24.1 Å². The third-order valence-electron chi connectivity index (χ3n) is 5.00. The van der Waals surface area contributed by atoms with Crippen molar-refractivity contribution in [3.8, 4) is 0 Å². The molecular formula is C18H17N9O6S2. The molecule has 0 saturated carbocycles. The Morgan fingerprint density at radius 1 is 1.40 bits per heavy atom. The van der Waals surface area contributed by atoms with Crippen LogP contribution in [0.4, 0.5) is 15.6 Å². The van der Waals surface area contributed by atoms with Crippen LogP contribution in [0.3, 0.4) is 0 Å². The van der Waals surface area contributed by atoms with Crippen molar-refractivity contribution < 1.29 is 34.1 Å². The number of fused-ring (bicyclic) bond motifs is 1. The quantitative estimate of drug-likeness (QED) is 0.0827. The molecule has 182 valence electrons. The lowest BCUT2D eigenvalue weighted by Crippen LogP contribution is -2.71. The molecule has 4 heterocycles. The number of nitrogens with zero attached hydrogens (tertiary/aromatic N) is 5. The van der Waals surface area contributed by atoms with E-state index >= 15 is 0 Å². The highest BCUT2D eigenvalue weighted by Crippen LogP contribution is 2.40. The van der Waals surface area contributed by atoms with Crippen molar-refractivity contribution in [3.05, 3.63) is 41.6 Å². The number of pyridine rings is 1. The molecule has 17 heteroatoms. The fraction of sp³-hybridized carbons (Fsp3) is 0.222. The van der Waals surface area contributed by atoms with Crippen LogP contribution >= 0.6 is 23.3 Å². The first kappa shape index (κ1) is 23.9. The number of nitrogen functional groups attached to an aromatic ring is 1. The third-order valence-corrected chi connectivity index (χ3v) is 6.88. The number of aliphatic carboxylic acids is 1. The maximum Gasteiger partial charge on any atom is 0.316 e. The molecule has 2 aliphatic rings. The number of carboxylic acid groups (broad SMARTS) is 1. The molecule has 4 rings (SSSR count). The van der Waals surface area contributed by atoms with Crippen molar-refractivity contribution in [2.45, 2.75) is 18.0 Å². The van der Waals surface area contributed by atoms with Gasteiger partial charge in [0.2, 0.25) is 11.5 Å². The van der Waals surface area contributed by atoms with Gasteiger partial charge in [0.25, 0.3) is 11.8 Å². The Balaban J connectivity index is 1.52. The molecule has 7 N–H and O–H groups in total. The Hall–Kier alpha value is -4.25. The molecular weight excluding hydrogens is 502 g/mol. The van der Waals surface area contributed by atoms with Gasteiger partial charge >= 0.3 is 6.03 Å². The second-order valence-electron chi connectivity index (χ2n) is 7.26. The molecule has 0 unspecified atom stereocenters. The number of nitrogens with one attached hydrogen (secondary N) is 2. The summed E-state index contributed by atoms with van der Waals surface area (Å²) < 4.78 is 5.41. The SMILES string of the molecule is NC(=O)Nc1ccc[n+](CC2=C(C(=O)[O-])N3C(=O)[C@@H](NC(=O)C(=NO)c4nsc(N)n4)[C@@H]3SC2)c1. The average molecular weight is 520 g/mol. The van der Waals surface area contributed by atoms with Crippen LogP contribution in [0.15, 0.2) is 41.0 Å². The lowest BCUT2D eigenvalue weighted by molar-refractivity contribution is -0.688. The molecule has 0 aromatic carbocycles. The van der Waals surface area contributed by atoms with Gasteiger partial charge in [0.1, 0.15) is 17.1 Å². The van der Waals surface area contributed by atoms with E-state index in [4.69, 9.17) is 11.5 Å². The summed E-state index contributed by atoms with van der Waals surface area (Å²) in [5, 5.41) is 28.2. The number of carbonyl (C=O) groups excluding carboxylic acids is 4. The van der Waals surface area contributed by atoms with Crippen molar-refractivity contribution in [2.75, 3.05) is 16.8 Å². The lowest BCUT2D eigenvalue weighted by Gasteiger charge is -2.50. The van der Waals surface area contributed by atoms with Crippen molar-refractivity contribution in [1.29, 1.82) is 0 Å². The molecule has 0 spiro atoms.